The zero-order valence-electron chi connectivity index (χ0n) is 29.7. The van der Waals surface area contributed by atoms with Crippen LogP contribution in [-0.2, 0) is 0 Å². The molecule has 9 aromatic rings. The number of nitrogens with zero attached hydrogens (tertiary/aromatic N) is 3. The van der Waals surface area contributed by atoms with Gasteiger partial charge in [0.15, 0.2) is 11.6 Å². The summed E-state index contributed by atoms with van der Waals surface area (Å²) in [4.78, 5) is 32.0. The molecule has 0 atom stereocenters. The lowest BCUT2D eigenvalue weighted by molar-refractivity contribution is 0.0979. The average Bonchev–Trinajstić information content (AvgIpc) is 3.57. The van der Waals surface area contributed by atoms with Gasteiger partial charge in [-0.25, -0.2) is 0 Å². The Bertz CT molecular complexity index is 2680. The van der Waals surface area contributed by atoms with Gasteiger partial charge in [0.1, 0.15) is 0 Å². The fourth-order valence-electron chi connectivity index (χ4n) is 7.98. The largest absolute Gasteiger partial charge is 0.310 e. The van der Waals surface area contributed by atoms with E-state index in [1.54, 1.807) is 24.3 Å². The van der Waals surface area contributed by atoms with Gasteiger partial charge in [-0.05, 0) is 103 Å². The standard InChI is InChI=1S/C50H33N3O2/c54-49-41-23-13-14-24-42(41)50(55)46-33-40(25-28-43(46)49)53-47-29-26-38(51(34-15-5-1-6-16-34)35-17-7-2-8-18-35)31-44(47)45-32-39(27-30-48(45)53)52(36-19-9-3-10-20-36)37-21-11-4-12-22-37/h1-33H. The van der Waals surface area contributed by atoms with Crippen molar-refractivity contribution in [3.8, 4) is 5.69 Å². The Kier molecular flexibility index (Phi) is 7.70. The molecule has 0 bridgehead atoms. The molecular weight excluding hydrogens is 675 g/mol. The predicted molar refractivity (Wildman–Crippen MR) is 223 cm³/mol. The minimum Gasteiger partial charge on any atom is -0.310 e. The molecular formula is C50H33N3O2. The SMILES string of the molecule is O=C1c2ccccc2C(=O)c2cc(-n3c4ccc(N(c5ccccc5)c5ccccc5)cc4c4cc(N(c5ccccc5)c5ccccc5)ccc43)ccc21. The van der Waals surface area contributed by atoms with Crippen LogP contribution in [-0.4, -0.2) is 16.1 Å². The highest BCUT2D eigenvalue weighted by molar-refractivity contribution is 6.28. The van der Waals surface area contributed by atoms with Gasteiger partial charge < -0.3 is 14.4 Å². The number of rotatable bonds is 7. The average molecular weight is 708 g/mol. The Morgan fingerprint density at radius 1 is 0.309 bits per heavy atom. The van der Waals surface area contributed by atoms with Gasteiger partial charge in [-0.2, -0.15) is 0 Å². The molecule has 0 fully saturated rings. The van der Waals surface area contributed by atoms with E-state index < -0.39 is 0 Å². The number of fused-ring (bicyclic) bond motifs is 5. The summed E-state index contributed by atoms with van der Waals surface area (Å²) in [6, 6.07) is 67.5. The van der Waals surface area contributed by atoms with Crippen molar-refractivity contribution in [1.29, 1.82) is 0 Å². The Labute approximate surface area is 318 Å². The molecule has 0 unspecified atom stereocenters. The van der Waals surface area contributed by atoms with Crippen molar-refractivity contribution >= 4 is 67.5 Å². The van der Waals surface area contributed by atoms with E-state index in [0.717, 1.165) is 61.6 Å². The summed E-state index contributed by atoms with van der Waals surface area (Å²) < 4.78 is 2.21. The first-order valence-corrected chi connectivity index (χ1v) is 18.4. The highest BCUT2D eigenvalue weighted by Crippen LogP contribution is 2.43. The Hall–Kier alpha value is -7.50. The maximum Gasteiger partial charge on any atom is 0.194 e. The van der Waals surface area contributed by atoms with Crippen molar-refractivity contribution in [1.82, 2.24) is 4.57 Å². The predicted octanol–water partition coefficient (Wildman–Crippen LogP) is 12.5. The fraction of sp³-hybridized carbons (Fsp3) is 0. The smallest absolute Gasteiger partial charge is 0.194 e. The molecule has 5 nitrogen and oxygen atoms in total. The molecule has 1 aromatic heterocycles. The van der Waals surface area contributed by atoms with Gasteiger partial charge in [-0.15, -0.1) is 0 Å². The number of carbonyl (C=O) groups is 2. The summed E-state index contributed by atoms with van der Waals surface area (Å²) in [6.07, 6.45) is 0. The van der Waals surface area contributed by atoms with Crippen LogP contribution < -0.4 is 9.80 Å². The number of anilines is 6. The van der Waals surface area contributed by atoms with Crippen molar-refractivity contribution < 1.29 is 9.59 Å². The summed E-state index contributed by atoms with van der Waals surface area (Å²) in [7, 11) is 0. The molecule has 0 amide bonds. The molecule has 0 spiro atoms. The Morgan fingerprint density at radius 3 is 1.09 bits per heavy atom. The maximum absolute atomic E-state index is 13.9. The zero-order valence-corrected chi connectivity index (χ0v) is 29.7. The Balaban J connectivity index is 1.22. The molecule has 0 aliphatic heterocycles. The highest BCUT2D eigenvalue weighted by Gasteiger charge is 2.30. The van der Waals surface area contributed by atoms with Crippen molar-refractivity contribution in [3.63, 3.8) is 0 Å². The van der Waals surface area contributed by atoms with Crippen LogP contribution in [0.15, 0.2) is 200 Å². The van der Waals surface area contributed by atoms with Crippen LogP contribution in [0.1, 0.15) is 31.8 Å². The van der Waals surface area contributed by atoms with E-state index in [1.165, 1.54) is 0 Å². The summed E-state index contributed by atoms with van der Waals surface area (Å²) in [5.74, 6) is -0.266. The third-order valence-corrected chi connectivity index (χ3v) is 10.5. The van der Waals surface area contributed by atoms with Crippen LogP contribution >= 0.6 is 0 Å². The number of ketones is 2. The molecule has 260 valence electrons. The van der Waals surface area contributed by atoms with Gasteiger partial charge in [0.2, 0.25) is 0 Å². The molecule has 1 heterocycles. The third-order valence-electron chi connectivity index (χ3n) is 10.5. The molecule has 8 aromatic carbocycles. The lowest BCUT2D eigenvalue weighted by Gasteiger charge is -2.26. The lowest BCUT2D eigenvalue weighted by Crippen LogP contribution is -2.21. The van der Waals surface area contributed by atoms with Gasteiger partial charge >= 0.3 is 0 Å². The molecule has 0 saturated carbocycles. The van der Waals surface area contributed by atoms with Crippen LogP contribution in [0, 0.1) is 0 Å². The van der Waals surface area contributed by atoms with Crippen molar-refractivity contribution in [2.24, 2.45) is 0 Å². The zero-order chi connectivity index (χ0) is 36.9. The fourth-order valence-corrected chi connectivity index (χ4v) is 7.98. The minimum absolute atomic E-state index is 0.128. The van der Waals surface area contributed by atoms with Crippen LogP contribution in [0.3, 0.4) is 0 Å². The van der Waals surface area contributed by atoms with Gasteiger partial charge in [0.05, 0.1) is 11.0 Å². The number of aromatic nitrogens is 1. The maximum atomic E-state index is 13.9. The molecule has 0 radical (unpaired) electrons. The van der Waals surface area contributed by atoms with E-state index in [-0.39, 0.29) is 11.6 Å². The van der Waals surface area contributed by atoms with E-state index >= 15 is 0 Å². The van der Waals surface area contributed by atoms with E-state index in [2.05, 4.69) is 148 Å². The number of carbonyl (C=O) groups excluding carboxylic acids is 2. The molecule has 5 heteroatoms. The monoisotopic (exact) mass is 707 g/mol. The van der Waals surface area contributed by atoms with Crippen LogP contribution in [0.4, 0.5) is 34.1 Å². The Morgan fingerprint density at radius 2 is 0.673 bits per heavy atom. The first-order chi connectivity index (χ1) is 27.1. The van der Waals surface area contributed by atoms with Gasteiger partial charge in [-0.1, -0.05) is 97.1 Å². The van der Waals surface area contributed by atoms with E-state index in [4.69, 9.17) is 0 Å². The van der Waals surface area contributed by atoms with Crippen LogP contribution in [0.2, 0.25) is 0 Å². The van der Waals surface area contributed by atoms with Crippen molar-refractivity contribution in [2.75, 3.05) is 9.80 Å². The van der Waals surface area contributed by atoms with Gasteiger partial charge in [0.25, 0.3) is 0 Å². The highest BCUT2D eigenvalue weighted by atomic mass is 16.1. The quantitative estimate of drug-likeness (QED) is 0.165. The molecule has 55 heavy (non-hydrogen) atoms. The van der Waals surface area contributed by atoms with Crippen molar-refractivity contribution in [2.45, 2.75) is 0 Å². The molecule has 1 aliphatic carbocycles. The summed E-state index contributed by atoms with van der Waals surface area (Å²) in [6.45, 7) is 0. The topological polar surface area (TPSA) is 45.6 Å². The second-order valence-electron chi connectivity index (χ2n) is 13.7. The molecule has 0 saturated heterocycles. The lowest BCUT2D eigenvalue weighted by atomic mass is 9.84. The third kappa shape index (κ3) is 5.41. The number of hydrogen-bond acceptors (Lipinski definition) is 4. The number of benzene rings is 8. The molecule has 0 N–H and O–H groups in total. The summed E-state index contributed by atoms with van der Waals surface area (Å²) in [5.41, 5.74) is 10.8. The normalized spacial score (nSPS) is 12.1. The van der Waals surface area contributed by atoms with Gasteiger partial charge in [0, 0.05) is 72.8 Å². The number of para-hydroxylation sites is 4. The minimum atomic E-state index is -0.139. The first-order valence-electron chi connectivity index (χ1n) is 18.4. The molecule has 1 aliphatic rings. The number of hydrogen-bond donors (Lipinski definition) is 0. The second kappa shape index (κ2) is 13.2. The van der Waals surface area contributed by atoms with Gasteiger partial charge in [-0.3, -0.25) is 9.59 Å². The van der Waals surface area contributed by atoms with E-state index in [9.17, 15) is 9.59 Å². The van der Waals surface area contributed by atoms with Crippen LogP contribution in [0.25, 0.3) is 27.5 Å². The molecule has 10 rings (SSSR count). The van der Waals surface area contributed by atoms with E-state index in [0.29, 0.717) is 22.3 Å². The second-order valence-corrected chi connectivity index (χ2v) is 13.7. The summed E-state index contributed by atoms with van der Waals surface area (Å²) >= 11 is 0. The first kappa shape index (κ1) is 32.2. The van der Waals surface area contributed by atoms with Crippen LogP contribution in [0.5, 0.6) is 0 Å². The van der Waals surface area contributed by atoms with E-state index in [1.807, 2.05) is 42.5 Å². The summed E-state index contributed by atoms with van der Waals surface area (Å²) in [5, 5.41) is 2.11. The van der Waals surface area contributed by atoms with Crippen molar-refractivity contribution in [3.05, 3.63) is 222 Å².